The number of halogens is 1. The molecular weight excluding hydrogens is 339 g/mol. The standard InChI is InChI=1S/C19H17FN2O4/c1-19(9-12-6-7-15-16(8-12)26-11-25-15)17(23)22(18(24)21-19)10-13-4-2-3-5-14(13)20/h2-8H,9-11H2,1H3,(H,21,24)/t19-/m1/s1. The summed E-state index contributed by atoms with van der Waals surface area (Å²) in [5.74, 6) is 0.439. The number of carbonyl (C=O) groups is 2. The van der Waals surface area contributed by atoms with E-state index in [-0.39, 0.29) is 19.2 Å². The van der Waals surface area contributed by atoms with Gasteiger partial charge >= 0.3 is 6.03 Å². The SMILES string of the molecule is C[C@]1(Cc2ccc3c(c2)OCO3)NC(=O)N(Cc2ccccc2F)C1=O. The van der Waals surface area contributed by atoms with Crippen molar-refractivity contribution in [1.29, 1.82) is 0 Å². The molecule has 6 nitrogen and oxygen atoms in total. The van der Waals surface area contributed by atoms with Crippen molar-refractivity contribution >= 4 is 11.9 Å². The normalized spacial score (nSPS) is 21.2. The summed E-state index contributed by atoms with van der Waals surface area (Å²) in [5.41, 5.74) is 0.0252. The summed E-state index contributed by atoms with van der Waals surface area (Å²) >= 11 is 0. The summed E-state index contributed by atoms with van der Waals surface area (Å²) in [7, 11) is 0. The van der Waals surface area contributed by atoms with Crippen LogP contribution in [-0.4, -0.2) is 29.2 Å². The maximum Gasteiger partial charge on any atom is 0.325 e. The summed E-state index contributed by atoms with van der Waals surface area (Å²) < 4.78 is 24.5. The lowest BCUT2D eigenvalue weighted by molar-refractivity contribution is -0.131. The van der Waals surface area contributed by atoms with Gasteiger partial charge in [0.15, 0.2) is 11.5 Å². The first-order valence-electron chi connectivity index (χ1n) is 8.22. The average molecular weight is 356 g/mol. The molecular formula is C19H17FN2O4. The van der Waals surface area contributed by atoms with Gasteiger partial charge in [-0.05, 0) is 30.7 Å². The molecule has 1 saturated heterocycles. The Bertz CT molecular complexity index is 901. The van der Waals surface area contributed by atoms with E-state index in [4.69, 9.17) is 9.47 Å². The number of benzene rings is 2. The van der Waals surface area contributed by atoms with Crippen molar-refractivity contribution in [3.8, 4) is 11.5 Å². The summed E-state index contributed by atoms with van der Waals surface area (Å²) in [4.78, 5) is 26.2. The number of amides is 3. The highest BCUT2D eigenvalue weighted by Crippen LogP contribution is 2.34. The van der Waals surface area contributed by atoms with Gasteiger partial charge in [-0.25, -0.2) is 9.18 Å². The summed E-state index contributed by atoms with van der Waals surface area (Å²) in [6.07, 6.45) is 0.294. The van der Waals surface area contributed by atoms with E-state index in [0.29, 0.717) is 23.5 Å². The maximum atomic E-state index is 13.9. The van der Waals surface area contributed by atoms with Gasteiger partial charge in [0.05, 0.1) is 6.54 Å². The molecule has 0 bridgehead atoms. The largest absolute Gasteiger partial charge is 0.454 e. The zero-order valence-electron chi connectivity index (χ0n) is 14.1. The molecule has 2 aromatic rings. The lowest BCUT2D eigenvalue weighted by atomic mass is 9.92. The van der Waals surface area contributed by atoms with Crippen molar-refractivity contribution in [1.82, 2.24) is 10.2 Å². The van der Waals surface area contributed by atoms with Crippen molar-refractivity contribution in [2.24, 2.45) is 0 Å². The summed E-state index contributed by atoms with van der Waals surface area (Å²) in [5, 5.41) is 2.73. The average Bonchev–Trinajstić information content (AvgIpc) is 3.15. The molecule has 0 radical (unpaired) electrons. The van der Waals surface area contributed by atoms with Crippen LogP contribution in [0.5, 0.6) is 11.5 Å². The molecule has 2 aromatic carbocycles. The second kappa shape index (κ2) is 6.01. The van der Waals surface area contributed by atoms with Crippen LogP contribution >= 0.6 is 0 Å². The van der Waals surface area contributed by atoms with E-state index in [9.17, 15) is 14.0 Å². The number of ether oxygens (including phenoxy) is 2. The summed E-state index contributed by atoms with van der Waals surface area (Å²) in [6.45, 7) is 1.73. The number of nitrogens with zero attached hydrogens (tertiary/aromatic N) is 1. The minimum absolute atomic E-state index is 0.103. The zero-order chi connectivity index (χ0) is 18.3. The molecule has 0 spiro atoms. The number of rotatable bonds is 4. The van der Waals surface area contributed by atoms with Crippen LogP contribution in [0.15, 0.2) is 42.5 Å². The predicted molar refractivity (Wildman–Crippen MR) is 90.2 cm³/mol. The van der Waals surface area contributed by atoms with Gasteiger partial charge in [-0.2, -0.15) is 0 Å². The predicted octanol–water partition coefficient (Wildman–Crippen LogP) is 2.61. The number of urea groups is 1. The molecule has 0 saturated carbocycles. The molecule has 1 N–H and O–H groups in total. The quantitative estimate of drug-likeness (QED) is 0.855. The van der Waals surface area contributed by atoms with Crippen molar-refractivity contribution in [2.75, 3.05) is 6.79 Å². The highest BCUT2D eigenvalue weighted by atomic mass is 19.1. The number of fused-ring (bicyclic) bond motifs is 1. The van der Waals surface area contributed by atoms with Crippen molar-refractivity contribution in [3.63, 3.8) is 0 Å². The maximum absolute atomic E-state index is 13.9. The van der Waals surface area contributed by atoms with Crippen molar-refractivity contribution in [2.45, 2.75) is 25.4 Å². The fraction of sp³-hybridized carbons (Fsp3) is 0.263. The van der Waals surface area contributed by atoms with E-state index in [0.717, 1.165) is 10.5 Å². The Labute approximate surface area is 149 Å². The Kier molecular flexibility index (Phi) is 3.79. The lowest BCUT2D eigenvalue weighted by Gasteiger charge is -2.22. The minimum atomic E-state index is -1.10. The minimum Gasteiger partial charge on any atom is -0.454 e. The van der Waals surface area contributed by atoms with Crippen LogP contribution in [-0.2, 0) is 17.8 Å². The van der Waals surface area contributed by atoms with Crippen molar-refractivity contribution < 1.29 is 23.5 Å². The van der Waals surface area contributed by atoms with Gasteiger partial charge in [-0.3, -0.25) is 9.69 Å². The van der Waals surface area contributed by atoms with Crippen molar-refractivity contribution in [3.05, 3.63) is 59.4 Å². The number of hydrogen-bond donors (Lipinski definition) is 1. The number of carbonyl (C=O) groups excluding carboxylic acids is 2. The number of imide groups is 1. The molecule has 1 fully saturated rings. The van der Waals surface area contributed by atoms with Gasteiger partial charge in [0.1, 0.15) is 11.4 Å². The number of hydrogen-bond acceptors (Lipinski definition) is 4. The Morgan fingerprint density at radius 1 is 1.15 bits per heavy atom. The highest BCUT2D eigenvalue weighted by molar-refractivity contribution is 6.06. The van der Waals surface area contributed by atoms with E-state index in [2.05, 4.69) is 5.32 Å². The smallest absolute Gasteiger partial charge is 0.325 e. The molecule has 0 aromatic heterocycles. The molecule has 1 atom stereocenters. The van der Waals surface area contributed by atoms with Crippen LogP contribution in [0.25, 0.3) is 0 Å². The van der Waals surface area contributed by atoms with Crippen LogP contribution in [0, 0.1) is 5.82 Å². The molecule has 2 aliphatic rings. The first-order valence-corrected chi connectivity index (χ1v) is 8.22. The van der Waals surface area contributed by atoms with Gasteiger partial charge in [0, 0.05) is 12.0 Å². The molecule has 2 aliphatic heterocycles. The third-order valence-corrected chi connectivity index (χ3v) is 4.63. The third-order valence-electron chi connectivity index (χ3n) is 4.63. The van der Waals surface area contributed by atoms with E-state index < -0.39 is 17.4 Å². The monoisotopic (exact) mass is 356 g/mol. The Morgan fingerprint density at radius 2 is 1.92 bits per heavy atom. The highest BCUT2D eigenvalue weighted by Gasteiger charge is 2.47. The first-order chi connectivity index (χ1) is 12.5. The molecule has 0 unspecified atom stereocenters. The number of nitrogens with one attached hydrogen (secondary N) is 1. The van der Waals surface area contributed by atoms with Gasteiger partial charge in [-0.15, -0.1) is 0 Å². The first kappa shape index (κ1) is 16.4. The molecule has 134 valence electrons. The molecule has 4 rings (SSSR count). The van der Waals surface area contributed by atoms with Gasteiger partial charge < -0.3 is 14.8 Å². The Hall–Kier alpha value is -3.09. The van der Waals surface area contributed by atoms with Crippen LogP contribution in [0.4, 0.5) is 9.18 Å². The fourth-order valence-corrected chi connectivity index (χ4v) is 3.27. The molecule has 2 heterocycles. The topological polar surface area (TPSA) is 67.9 Å². The molecule has 3 amide bonds. The fourth-order valence-electron chi connectivity index (χ4n) is 3.27. The van der Waals surface area contributed by atoms with E-state index in [1.54, 1.807) is 37.3 Å². The van der Waals surface area contributed by atoms with Crippen LogP contribution in [0.2, 0.25) is 0 Å². The third kappa shape index (κ3) is 2.75. The van der Waals surface area contributed by atoms with Crippen LogP contribution in [0.1, 0.15) is 18.1 Å². The van der Waals surface area contributed by atoms with Gasteiger partial charge in [0.2, 0.25) is 6.79 Å². The Balaban J connectivity index is 1.54. The zero-order valence-corrected chi connectivity index (χ0v) is 14.1. The second-order valence-electron chi connectivity index (χ2n) is 6.61. The molecule has 26 heavy (non-hydrogen) atoms. The Morgan fingerprint density at radius 3 is 2.73 bits per heavy atom. The molecule has 7 heteroatoms. The van der Waals surface area contributed by atoms with E-state index in [1.807, 2.05) is 6.07 Å². The van der Waals surface area contributed by atoms with Gasteiger partial charge in [-0.1, -0.05) is 24.3 Å². The second-order valence-corrected chi connectivity index (χ2v) is 6.61. The van der Waals surface area contributed by atoms with Gasteiger partial charge in [0.25, 0.3) is 5.91 Å². The van der Waals surface area contributed by atoms with Crippen LogP contribution < -0.4 is 14.8 Å². The van der Waals surface area contributed by atoms with E-state index in [1.165, 1.54) is 6.07 Å². The van der Waals surface area contributed by atoms with Crippen LogP contribution in [0.3, 0.4) is 0 Å². The lowest BCUT2D eigenvalue weighted by Crippen LogP contribution is -2.45. The van der Waals surface area contributed by atoms with E-state index >= 15 is 0 Å². The summed E-state index contributed by atoms with van der Waals surface area (Å²) in [6, 6.07) is 11.0. The molecule has 0 aliphatic carbocycles.